The maximum atomic E-state index is 11.6. The van der Waals surface area contributed by atoms with Gasteiger partial charge in [0.05, 0.1) is 0 Å². The summed E-state index contributed by atoms with van der Waals surface area (Å²) in [6, 6.07) is 6.88. The minimum Gasteiger partial charge on any atom is -0.480 e. The van der Waals surface area contributed by atoms with E-state index >= 15 is 0 Å². The Kier molecular flexibility index (Phi) is 5.34. The van der Waals surface area contributed by atoms with Crippen LogP contribution in [-0.2, 0) is 9.59 Å². The van der Waals surface area contributed by atoms with Crippen molar-refractivity contribution in [2.45, 2.75) is 32.2 Å². The fourth-order valence-electron chi connectivity index (χ4n) is 1.55. The van der Waals surface area contributed by atoms with Crippen molar-refractivity contribution in [3.05, 3.63) is 34.3 Å². The summed E-state index contributed by atoms with van der Waals surface area (Å²) in [4.78, 5) is 22.2. The van der Waals surface area contributed by atoms with Gasteiger partial charge in [0.1, 0.15) is 6.04 Å². The number of carbonyl (C=O) groups is 2. The summed E-state index contributed by atoms with van der Waals surface area (Å²) in [6.07, 6.45) is 0.277. The Labute approximate surface area is 115 Å². The number of aliphatic carboxylic acids is 1. The van der Waals surface area contributed by atoms with Crippen molar-refractivity contribution in [3.63, 3.8) is 0 Å². The number of benzene rings is 1. The third-order valence-electron chi connectivity index (χ3n) is 2.68. The van der Waals surface area contributed by atoms with E-state index in [4.69, 9.17) is 5.11 Å². The van der Waals surface area contributed by atoms with Crippen molar-refractivity contribution >= 4 is 27.8 Å². The zero-order valence-electron chi connectivity index (χ0n) is 10.3. The maximum absolute atomic E-state index is 11.6. The summed E-state index contributed by atoms with van der Waals surface area (Å²) in [5.41, 5.74) is 1.05. The molecule has 0 aromatic heterocycles. The van der Waals surface area contributed by atoms with Crippen molar-refractivity contribution in [1.29, 1.82) is 0 Å². The fraction of sp³-hybridized carbons (Fsp3) is 0.385. The number of halogens is 1. The molecule has 18 heavy (non-hydrogen) atoms. The van der Waals surface area contributed by atoms with E-state index in [9.17, 15) is 9.59 Å². The summed E-state index contributed by atoms with van der Waals surface area (Å²) in [5.74, 6) is -1.22. The Morgan fingerprint density at radius 2 is 1.83 bits per heavy atom. The lowest BCUT2D eigenvalue weighted by Gasteiger charge is -2.14. The molecule has 0 heterocycles. The normalized spacial score (nSPS) is 13.7. The molecule has 5 heteroatoms. The van der Waals surface area contributed by atoms with Crippen LogP contribution in [0.1, 0.15) is 31.7 Å². The average Bonchev–Trinajstić information content (AvgIpc) is 2.29. The lowest BCUT2D eigenvalue weighted by Crippen LogP contribution is -2.38. The monoisotopic (exact) mass is 313 g/mol. The minimum absolute atomic E-state index is 0.0547. The second-order valence-electron chi connectivity index (χ2n) is 4.28. The molecular weight excluding hydrogens is 298 g/mol. The van der Waals surface area contributed by atoms with Crippen LogP contribution in [-0.4, -0.2) is 23.0 Å². The van der Waals surface area contributed by atoms with Crippen LogP contribution in [0.2, 0.25) is 0 Å². The summed E-state index contributed by atoms with van der Waals surface area (Å²) in [7, 11) is 0. The lowest BCUT2D eigenvalue weighted by molar-refractivity contribution is -0.141. The van der Waals surface area contributed by atoms with Crippen LogP contribution in [0.15, 0.2) is 28.7 Å². The molecule has 2 atom stereocenters. The average molecular weight is 314 g/mol. The molecule has 1 amide bonds. The summed E-state index contributed by atoms with van der Waals surface area (Å²) < 4.78 is 0.988. The van der Waals surface area contributed by atoms with Crippen LogP contribution < -0.4 is 5.32 Å². The predicted octanol–water partition coefficient (Wildman–Crippen LogP) is 2.53. The molecule has 1 rings (SSSR count). The highest BCUT2D eigenvalue weighted by molar-refractivity contribution is 9.10. The number of rotatable bonds is 5. The smallest absolute Gasteiger partial charge is 0.325 e. The Morgan fingerprint density at radius 1 is 1.28 bits per heavy atom. The van der Waals surface area contributed by atoms with Crippen LogP contribution in [0.3, 0.4) is 0 Å². The number of amides is 1. The van der Waals surface area contributed by atoms with Crippen LogP contribution in [0.5, 0.6) is 0 Å². The second kappa shape index (κ2) is 6.54. The standard InChI is InChI=1S/C13H16BrNO3/c1-8(10-3-5-11(14)6-4-10)7-12(16)15-9(2)13(17)18/h3-6,8-9H,7H2,1-2H3,(H,15,16)(H,17,18). The Hall–Kier alpha value is -1.36. The first-order valence-corrected chi connectivity index (χ1v) is 6.47. The second-order valence-corrected chi connectivity index (χ2v) is 5.20. The van der Waals surface area contributed by atoms with Gasteiger partial charge in [-0.25, -0.2) is 0 Å². The van der Waals surface area contributed by atoms with Crippen LogP contribution >= 0.6 is 15.9 Å². The Morgan fingerprint density at radius 3 is 2.33 bits per heavy atom. The molecule has 0 aliphatic rings. The van der Waals surface area contributed by atoms with Crippen molar-refractivity contribution in [3.8, 4) is 0 Å². The van der Waals surface area contributed by atoms with E-state index in [1.54, 1.807) is 0 Å². The summed E-state index contributed by atoms with van der Waals surface area (Å²) >= 11 is 3.35. The molecule has 0 spiro atoms. The first-order chi connectivity index (χ1) is 8.40. The first-order valence-electron chi connectivity index (χ1n) is 5.67. The van der Waals surface area contributed by atoms with Gasteiger partial charge in [-0.15, -0.1) is 0 Å². The van der Waals surface area contributed by atoms with Gasteiger partial charge in [-0.1, -0.05) is 35.0 Å². The lowest BCUT2D eigenvalue weighted by atomic mass is 9.97. The molecule has 2 N–H and O–H groups in total. The van der Waals surface area contributed by atoms with E-state index in [2.05, 4.69) is 21.2 Å². The topological polar surface area (TPSA) is 66.4 Å². The van der Waals surface area contributed by atoms with E-state index < -0.39 is 12.0 Å². The van der Waals surface area contributed by atoms with Gasteiger partial charge < -0.3 is 10.4 Å². The van der Waals surface area contributed by atoms with Gasteiger partial charge in [0, 0.05) is 10.9 Å². The zero-order valence-corrected chi connectivity index (χ0v) is 11.9. The Balaban J connectivity index is 2.54. The van der Waals surface area contributed by atoms with Gasteiger partial charge in [0.2, 0.25) is 5.91 Å². The van der Waals surface area contributed by atoms with Crippen molar-refractivity contribution in [2.75, 3.05) is 0 Å². The van der Waals surface area contributed by atoms with Crippen LogP contribution in [0.4, 0.5) is 0 Å². The SMILES string of the molecule is CC(NC(=O)CC(C)c1ccc(Br)cc1)C(=O)O. The number of carboxylic acid groups (broad SMARTS) is 1. The summed E-state index contributed by atoms with van der Waals surface area (Å²) in [6.45, 7) is 3.39. The van der Waals surface area contributed by atoms with Gasteiger partial charge in [-0.2, -0.15) is 0 Å². The molecule has 0 fully saturated rings. The highest BCUT2D eigenvalue weighted by Gasteiger charge is 2.16. The van der Waals surface area contributed by atoms with Gasteiger partial charge in [-0.05, 0) is 30.5 Å². The van der Waals surface area contributed by atoms with Crippen molar-refractivity contribution in [2.24, 2.45) is 0 Å². The number of carboxylic acids is 1. The molecule has 0 saturated carbocycles. The molecule has 0 aliphatic carbocycles. The van der Waals surface area contributed by atoms with E-state index in [1.807, 2.05) is 31.2 Å². The molecule has 4 nitrogen and oxygen atoms in total. The molecule has 98 valence electrons. The number of hydrogen-bond donors (Lipinski definition) is 2. The highest BCUT2D eigenvalue weighted by atomic mass is 79.9. The molecule has 0 bridgehead atoms. The van der Waals surface area contributed by atoms with Crippen LogP contribution in [0, 0.1) is 0 Å². The third-order valence-corrected chi connectivity index (χ3v) is 3.21. The molecule has 0 saturated heterocycles. The van der Waals surface area contributed by atoms with Gasteiger partial charge in [-0.3, -0.25) is 9.59 Å². The van der Waals surface area contributed by atoms with E-state index in [0.29, 0.717) is 0 Å². The zero-order chi connectivity index (χ0) is 13.7. The Bertz CT molecular complexity index is 430. The molecule has 2 unspecified atom stereocenters. The highest BCUT2D eigenvalue weighted by Crippen LogP contribution is 2.21. The van der Waals surface area contributed by atoms with Crippen molar-refractivity contribution in [1.82, 2.24) is 5.32 Å². The molecule has 1 aromatic rings. The molecule has 0 aliphatic heterocycles. The van der Waals surface area contributed by atoms with Gasteiger partial charge in [0.25, 0.3) is 0 Å². The van der Waals surface area contributed by atoms with E-state index in [1.165, 1.54) is 6.92 Å². The number of nitrogens with one attached hydrogen (secondary N) is 1. The van der Waals surface area contributed by atoms with Crippen LogP contribution in [0.25, 0.3) is 0 Å². The maximum Gasteiger partial charge on any atom is 0.325 e. The number of carbonyl (C=O) groups excluding carboxylic acids is 1. The molecular formula is C13H16BrNO3. The fourth-order valence-corrected chi connectivity index (χ4v) is 1.81. The van der Waals surface area contributed by atoms with E-state index in [-0.39, 0.29) is 18.2 Å². The number of hydrogen-bond acceptors (Lipinski definition) is 2. The molecule has 1 aromatic carbocycles. The minimum atomic E-state index is -1.03. The summed E-state index contributed by atoms with van der Waals surface area (Å²) in [5, 5.41) is 11.1. The van der Waals surface area contributed by atoms with Gasteiger partial charge in [0.15, 0.2) is 0 Å². The van der Waals surface area contributed by atoms with Gasteiger partial charge >= 0.3 is 5.97 Å². The largest absolute Gasteiger partial charge is 0.480 e. The molecule has 0 radical (unpaired) electrons. The third kappa shape index (κ3) is 4.49. The first kappa shape index (κ1) is 14.7. The predicted molar refractivity (Wildman–Crippen MR) is 72.4 cm³/mol. The quantitative estimate of drug-likeness (QED) is 0.878. The van der Waals surface area contributed by atoms with Crippen molar-refractivity contribution < 1.29 is 14.7 Å². The van der Waals surface area contributed by atoms with E-state index in [0.717, 1.165) is 10.0 Å².